The van der Waals surface area contributed by atoms with Crippen LogP contribution in [0.3, 0.4) is 0 Å². The van der Waals surface area contributed by atoms with Crippen molar-refractivity contribution in [2.75, 3.05) is 0 Å². The lowest BCUT2D eigenvalue weighted by Gasteiger charge is -2.11. The molecule has 0 bridgehead atoms. The predicted octanol–water partition coefficient (Wildman–Crippen LogP) is 2.15. The summed E-state index contributed by atoms with van der Waals surface area (Å²) in [6, 6.07) is 13.5. The summed E-state index contributed by atoms with van der Waals surface area (Å²) in [5, 5.41) is 8.84. The Bertz CT molecular complexity index is 829. The maximum atomic E-state index is 12.4. The SMILES string of the molecule is N#Cc1cccc(S(=O)(=O)NCc2ccccc2CN)c1Cl. The summed E-state index contributed by atoms with van der Waals surface area (Å²) in [5.74, 6) is 0. The van der Waals surface area contributed by atoms with E-state index >= 15 is 0 Å². The quantitative estimate of drug-likeness (QED) is 0.875. The van der Waals surface area contributed by atoms with Crippen molar-refractivity contribution >= 4 is 21.6 Å². The summed E-state index contributed by atoms with van der Waals surface area (Å²) in [7, 11) is -3.82. The summed E-state index contributed by atoms with van der Waals surface area (Å²) in [6.45, 7) is 0.422. The number of sulfonamides is 1. The van der Waals surface area contributed by atoms with E-state index in [2.05, 4.69) is 4.72 Å². The van der Waals surface area contributed by atoms with Crippen LogP contribution >= 0.6 is 11.6 Å². The molecule has 2 rings (SSSR count). The molecular weight excluding hydrogens is 322 g/mol. The normalized spacial score (nSPS) is 11.1. The second-order valence-corrected chi connectivity index (χ2v) is 6.64. The Morgan fingerprint density at radius 3 is 2.45 bits per heavy atom. The molecule has 2 aromatic rings. The van der Waals surface area contributed by atoms with Gasteiger partial charge in [0, 0.05) is 13.1 Å². The third-order valence-corrected chi connectivity index (χ3v) is 5.13. The second-order valence-electron chi connectivity index (χ2n) is 4.53. The summed E-state index contributed by atoms with van der Waals surface area (Å²) >= 11 is 5.97. The topological polar surface area (TPSA) is 96.0 Å². The summed E-state index contributed by atoms with van der Waals surface area (Å²) in [4.78, 5) is -0.113. The van der Waals surface area contributed by atoms with Gasteiger partial charge in [0.05, 0.1) is 10.6 Å². The molecule has 0 aliphatic heterocycles. The minimum atomic E-state index is -3.82. The van der Waals surface area contributed by atoms with E-state index in [4.69, 9.17) is 22.6 Å². The number of nitrogens with zero attached hydrogens (tertiary/aromatic N) is 1. The van der Waals surface area contributed by atoms with Crippen molar-refractivity contribution in [2.45, 2.75) is 18.0 Å². The second kappa shape index (κ2) is 6.90. The lowest BCUT2D eigenvalue weighted by atomic mass is 10.1. The highest BCUT2D eigenvalue weighted by molar-refractivity contribution is 7.89. The van der Waals surface area contributed by atoms with Gasteiger partial charge in [-0.25, -0.2) is 13.1 Å². The molecule has 5 nitrogen and oxygen atoms in total. The summed E-state index contributed by atoms with van der Waals surface area (Å²) < 4.78 is 27.2. The highest BCUT2D eigenvalue weighted by Gasteiger charge is 2.19. The molecule has 3 N–H and O–H groups in total. The Balaban J connectivity index is 2.28. The Morgan fingerprint density at radius 1 is 1.14 bits per heavy atom. The van der Waals surface area contributed by atoms with Gasteiger partial charge < -0.3 is 5.73 Å². The lowest BCUT2D eigenvalue weighted by molar-refractivity contribution is 0.581. The lowest BCUT2D eigenvalue weighted by Crippen LogP contribution is -2.24. The molecule has 0 aliphatic rings. The minimum absolute atomic E-state index is 0.0791. The molecule has 0 heterocycles. The molecular formula is C15H14ClN3O2S. The fraction of sp³-hybridized carbons (Fsp3) is 0.133. The van der Waals surface area contributed by atoms with E-state index in [9.17, 15) is 8.42 Å². The number of nitrogens with two attached hydrogens (primary N) is 1. The maximum Gasteiger partial charge on any atom is 0.242 e. The van der Waals surface area contributed by atoms with E-state index in [0.717, 1.165) is 11.1 Å². The Labute approximate surface area is 134 Å². The molecule has 7 heteroatoms. The number of hydrogen-bond donors (Lipinski definition) is 2. The number of rotatable bonds is 5. The van der Waals surface area contributed by atoms with Crippen molar-refractivity contribution in [3.63, 3.8) is 0 Å². The fourth-order valence-electron chi connectivity index (χ4n) is 1.98. The monoisotopic (exact) mass is 335 g/mol. The molecule has 0 saturated carbocycles. The third-order valence-electron chi connectivity index (χ3n) is 3.16. The minimum Gasteiger partial charge on any atom is -0.326 e. The summed E-state index contributed by atoms with van der Waals surface area (Å²) in [5.41, 5.74) is 7.40. The van der Waals surface area contributed by atoms with Gasteiger partial charge in [-0.05, 0) is 23.3 Å². The smallest absolute Gasteiger partial charge is 0.242 e. The van der Waals surface area contributed by atoms with Crippen LogP contribution in [0.5, 0.6) is 0 Å². The Kier molecular flexibility index (Phi) is 5.16. The van der Waals surface area contributed by atoms with Crippen LogP contribution < -0.4 is 10.5 Å². The van der Waals surface area contributed by atoms with E-state index in [1.807, 2.05) is 24.3 Å². The number of nitrogens with one attached hydrogen (secondary N) is 1. The van der Waals surface area contributed by atoms with Crippen LogP contribution in [0.25, 0.3) is 0 Å². The molecule has 0 atom stereocenters. The van der Waals surface area contributed by atoms with Crippen LogP contribution in [0.4, 0.5) is 0 Å². The first kappa shape index (κ1) is 16.5. The van der Waals surface area contributed by atoms with Gasteiger partial charge in [-0.3, -0.25) is 0 Å². The van der Waals surface area contributed by atoms with Crippen LogP contribution in [-0.2, 0) is 23.1 Å². The number of halogens is 1. The van der Waals surface area contributed by atoms with Gasteiger partial charge in [0.25, 0.3) is 0 Å². The van der Waals surface area contributed by atoms with Crippen molar-refractivity contribution < 1.29 is 8.42 Å². The van der Waals surface area contributed by atoms with Crippen molar-refractivity contribution in [3.05, 3.63) is 64.2 Å². The fourth-order valence-corrected chi connectivity index (χ4v) is 3.56. The van der Waals surface area contributed by atoms with Crippen molar-refractivity contribution in [1.82, 2.24) is 4.72 Å². The largest absolute Gasteiger partial charge is 0.326 e. The first-order valence-electron chi connectivity index (χ1n) is 6.44. The average Bonchev–Trinajstić information content (AvgIpc) is 2.53. The van der Waals surface area contributed by atoms with Gasteiger partial charge in [0.2, 0.25) is 10.0 Å². The molecule has 0 radical (unpaired) electrons. The van der Waals surface area contributed by atoms with Crippen molar-refractivity contribution in [3.8, 4) is 6.07 Å². The highest BCUT2D eigenvalue weighted by Crippen LogP contribution is 2.24. The Morgan fingerprint density at radius 2 is 1.82 bits per heavy atom. The predicted molar refractivity (Wildman–Crippen MR) is 84.5 cm³/mol. The molecule has 2 aromatic carbocycles. The van der Waals surface area contributed by atoms with E-state index in [1.54, 1.807) is 6.07 Å². The molecule has 0 fully saturated rings. The van der Waals surface area contributed by atoms with Crippen LogP contribution in [0.1, 0.15) is 16.7 Å². The van der Waals surface area contributed by atoms with Crippen LogP contribution in [0.2, 0.25) is 5.02 Å². The van der Waals surface area contributed by atoms with Gasteiger partial charge in [-0.1, -0.05) is 41.9 Å². The molecule has 0 amide bonds. The first-order valence-corrected chi connectivity index (χ1v) is 8.31. The van der Waals surface area contributed by atoms with Crippen LogP contribution in [-0.4, -0.2) is 8.42 Å². The maximum absolute atomic E-state index is 12.4. The van der Waals surface area contributed by atoms with Gasteiger partial charge >= 0.3 is 0 Å². The molecule has 0 unspecified atom stereocenters. The van der Waals surface area contributed by atoms with Crippen LogP contribution in [0.15, 0.2) is 47.4 Å². The van der Waals surface area contributed by atoms with Gasteiger partial charge in [-0.2, -0.15) is 5.26 Å². The molecule has 0 spiro atoms. The molecule has 0 aromatic heterocycles. The number of hydrogen-bond acceptors (Lipinski definition) is 4. The average molecular weight is 336 g/mol. The molecule has 22 heavy (non-hydrogen) atoms. The molecule has 114 valence electrons. The van der Waals surface area contributed by atoms with E-state index in [1.165, 1.54) is 18.2 Å². The van der Waals surface area contributed by atoms with Gasteiger partial charge in [-0.15, -0.1) is 0 Å². The van der Waals surface area contributed by atoms with E-state index in [0.29, 0.717) is 6.54 Å². The zero-order valence-corrected chi connectivity index (χ0v) is 13.2. The van der Waals surface area contributed by atoms with Gasteiger partial charge in [0.1, 0.15) is 11.0 Å². The van der Waals surface area contributed by atoms with Crippen LogP contribution in [0, 0.1) is 11.3 Å². The third kappa shape index (κ3) is 3.46. The molecule has 0 aliphatic carbocycles. The highest BCUT2D eigenvalue weighted by atomic mass is 35.5. The standard InChI is InChI=1S/C15H14ClN3O2S/c16-15-12(9-18)6-3-7-14(15)22(20,21)19-10-13-5-2-1-4-11(13)8-17/h1-7,19H,8,10,17H2. The first-order chi connectivity index (χ1) is 10.5. The summed E-state index contributed by atoms with van der Waals surface area (Å²) in [6.07, 6.45) is 0. The number of benzene rings is 2. The van der Waals surface area contributed by atoms with Gasteiger partial charge in [0.15, 0.2) is 0 Å². The number of nitriles is 1. The van der Waals surface area contributed by atoms with E-state index in [-0.39, 0.29) is 22.0 Å². The zero-order chi connectivity index (χ0) is 16.2. The molecule has 0 saturated heterocycles. The van der Waals surface area contributed by atoms with Crippen molar-refractivity contribution in [1.29, 1.82) is 5.26 Å². The van der Waals surface area contributed by atoms with E-state index < -0.39 is 10.0 Å². The zero-order valence-electron chi connectivity index (χ0n) is 11.6. The Hall–Kier alpha value is -1.91. The van der Waals surface area contributed by atoms with Crippen molar-refractivity contribution in [2.24, 2.45) is 5.73 Å².